The lowest BCUT2D eigenvalue weighted by atomic mass is 10.3. The van der Waals surface area contributed by atoms with E-state index in [0.29, 0.717) is 6.04 Å². The molecule has 0 spiro atoms. The third-order valence-corrected chi connectivity index (χ3v) is 2.52. The second-order valence-electron chi connectivity index (χ2n) is 3.80. The van der Waals surface area contributed by atoms with Crippen LogP contribution in [0.25, 0.3) is 0 Å². The van der Waals surface area contributed by atoms with Gasteiger partial charge in [0.05, 0.1) is 5.69 Å². The summed E-state index contributed by atoms with van der Waals surface area (Å²) in [5.74, 6) is 0. The minimum absolute atomic E-state index is 0.244. The highest BCUT2D eigenvalue weighted by atomic mass is 16.3. The van der Waals surface area contributed by atoms with Crippen molar-refractivity contribution in [1.82, 2.24) is 15.1 Å². The quantitative estimate of drug-likeness (QED) is 0.669. The average Bonchev–Trinajstić information content (AvgIpc) is 2.72. The summed E-state index contributed by atoms with van der Waals surface area (Å²) < 4.78 is 2.00. The Labute approximate surface area is 91.3 Å². The molecule has 4 nitrogen and oxygen atoms in total. The van der Waals surface area contributed by atoms with Crippen LogP contribution in [-0.4, -0.2) is 28.0 Å². The third-order valence-electron chi connectivity index (χ3n) is 2.52. The highest BCUT2D eigenvalue weighted by Crippen LogP contribution is 2.08. The van der Waals surface area contributed by atoms with E-state index in [0.717, 1.165) is 31.6 Å². The first-order chi connectivity index (χ1) is 7.27. The fourth-order valence-corrected chi connectivity index (χ4v) is 1.32. The van der Waals surface area contributed by atoms with Crippen molar-refractivity contribution < 1.29 is 5.11 Å². The van der Waals surface area contributed by atoms with Gasteiger partial charge in [-0.25, -0.2) is 0 Å². The molecule has 0 aliphatic carbocycles. The van der Waals surface area contributed by atoms with Gasteiger partial charge in [-0.05, 0) is 32.4 Å². The van der Waals surface area contributed by atoms with Crippen LogP contribution in [0.3, 0.4) is 0 Å². The second kappa shape index (κ2) is 6.58. The normalized spacial score (nSPS) is 13.0. The van der Waals surface area contributed by atoms with Gasteiger partial charge in [-0.2, -0.15) is 5.10 Å². The molecule has 0 aliphatic rings. The van der Waals surface area contributed by atoms with Gasteiger partial charge in [-0.1, -0.05) is 6.92 Å². The van der Waals surface area contributed by atoms with Crippen LogP contribution in [0.4, 0.5) is 0 Å². The largest absolute Gasteiger partial charge is 0.396 e. The third kappa shape index (κ3) is 4.01. The van der Waals surface area contributed by atoms with Crippen LogP contribution in [0.15, 0.2) is 12.3 Å². The molecule has 2 N–H and O–H groups in total. The van der Waals surface area contributed by atoms with Crippen molar-refractivity contribution in [2.24, 2.45) is 0 Å². The molecule has 0 radical (unpaired) electrons. The van der Waals surface area contributed by atoms with Gasteiger partial charge in [0.25, 0.3) is 0 Å². The molecular weight excluding hydrogens is 190 g/mol. The number of nitrogens with one attached hydrogen (secondary N) is 1. The van der Waals surface area contributed by atoms with E-state index in [1.54, 1.807) is 0 Å². The number of aromatic nitrogens is 2. The summed E-state index contributed by atoms with van der Waals surface area (Å²) in [6, 6.07) is 2.51. The van der Waals surface area contributed by atoms with Crippen molar-refractivity contribution in [3.8, 4) is 0 Å². The van der Waals surface area contributed by atoms with Gasteiger partial charge in [0.2, 0.25) is 0 Å². The standard InChI is InChI=1S/C11H21N3O/c1-3-10(2)14-7-5-11(13-14)9-12-6-4-8-15/h5,7,10,12,15H,3-4,6,8-9H2,1-2H3. The van der Waals surface area contributed by atoms with Gasteiger partial charge in [-0.3, -0.25) is 4.68 Å². The van der Waals surface area contributed by atoms with Crippen molar-refractivity contribution in [2.75, 3.05) is 13.2 Å². The summed E-state index contributed by atoms with van der Waals surface area (Å²) in [6.07, 6.45) is 3.92. The number of aliphatic hydroxyl groups excluding tert-OH is 1. The zero-order valence-electron chi connectivity index (χ0n) is 9.61. The summed E-state index contributed by atoms with van der Waals surface area (Å²) in [5, 5.41) is 16.3. The Balaban J connectivity index is 2.33. The van der Waals surface area contributed by atoms with Gasteiger partial charge in [0, 0.05) is 25.4 Å². The number of nitrogens with zero attached hydrogens (tertiary/aromatic N) is 2. The van der Waals surface area contributed by atoms with Crippen LogP contribution < -0.4 is 5.32 Å². The van der Waals surface area contributed by atoms with Crippen LogP contribution >= 0.6 is 0 Å². The zero-order valence-corrected chi connectivity index (χ0v) is 9.61. The Kier molecular flexibility index (Phi) is 5.36. The molecule has 1 unspecified atom stereocenters. The molecule has 86 valence electrons. The molecule has 15 heavy (non-hydrogen) atoms. The number of hydrogen-bond acceptors (Lipinski definition) is 3. The maximum absolute atomic E-state index is 8.61. The zero-order chi connectivity index (χ0) is 11.1. The summed E-state index contributed by atoms with van der Waals surface area (Å²) in [6.45, 7) is 6.19. The Bertz CT molecular complexity index is 273. The molecule has 0 fully saturated rings. The molecule has 1 atom stereocenters. The Morgan fingerprint density at radius 3 is 3.07 bits per heavy atom. The van der Waals surface area contributed by atoms with E-state index in [1.165, 1.54) is 0 Å². The first-order valence-corrected chi connectivity index (χ1v) is 5.63. The molecule has 0 aromatic carbocycles. The van der Waals surface area contributed by atoms with Gasteiger partial charge < -0.3 is 10.4 Å². The Hall–Kier alpha value is -0.870. The predicted molar refractivity (Wildman–Crippen MR) is 60.6 cm³/mol. The molecule has 1 aromatic rings. The lowest BCUT2D eigenvalue weighted by Crippen LogP contribution is -2.16. The van der Waals surface area contributed by atoms with Gasteiger partial charge in [0.1, 0.15) is 0 Å². The molecule has 1 rings (SSSR count). The fraction of sp³-hybridized carbons (Fsp3) is 0.727. The summed E-state index contributed by atoms with van der Waals surface area (Å²) in [4.78, 5) is 0. The van der Waals surface area contributed by atoms with Crippen molar-refractivity contribution in [3.05, 3.63) is 18.0 Å². The van der Waals surface area contributed by atoms with Crippen LogP contribution in [0.2, 0.25) is 0 Å². The van der Waals surface area contributed by atoms with Crippen molar-refractivity contribution in [2.45, 2.75) is 39.3 Å². The van der Waals surface area contributed by atoms with Crippen LogP contribution in [0.5, 0.6) is 0 Å². The van der Waals surface area contributed by atoms with Gasteiger partial charge >= 0.3 is 0 Å². The van der Waals surface area contributed by atoms with E-state index >= 15 is 0 Å². The topological polar surface area (TPSA) is 50.1 Å². The van der Waals surface area contributed by atoms with Crippen molar-refractivity contribution in [1.29, 1.82) is 0 Å². The maximum atomic E-state index is 8.61. The number of rotatable bonds is 7. The van der Waals surface area contributed by atoms with Crippen LogP contribution in [0.1, 0.15) is 38.4 Å². The minimum Gasteiger partial charge on any atom is -0.396 e. The van der Waals surface area contributed by atoms with Crippen molar-refractivity contribution >= 4 is 0 Å². The maximum Gasteiger partial charge on any atom is 0.0762 e. The molecule has 0 amide bonds. The molecule has 1 aromatic heterocycles. The highest BCUT2D eigenvalue weighted by molar-refractivity contribution is 4.99. The lowest BCUT2D eigenvalue weighted by molar-refractivity contribution is 0.286. The van der Waals surface area contributed by atoms with E-state index in [-0.39, 0.29) is 6.61 Å². The first-order valence-electron chi connectivity index (χ1n) is 5.63. The Morgan fingerprint density at radius 1 is 1.60 bits per heavy atom. The molecule has 4 heteroatoms. The van der Waals surface area contributed by atoms with E-state index in [2.05, 4.69) is 24.3 Å². The highest BCUT2D eigenvalue weighted by Gasteiger charge is 2.03. The van der Waals surface area contributed by atoms with E-state index < -0.39 is 0 Å². The predicted octanol–water partition coefficient (Wildman–Crippen LogP) is 1.33. The van der Waals surface area contributed by atoms with Gasteiger partial charge in [-0.15, -0.1) is 0 Å². The molecule has 1 heterocycles. The monoisotopic (exact) mass is 211 g/mol. The number of hydrogen-bond donors (Lipinski definition) is 2. The minimum atomic E-state index is 0.244. The van der Waals surface area contributed by atoms with Crippen LogP contribution in [0, 0.1) is 0 Å². The summed E-state index contributed by atoms with van der Waals surface area (Å²) >= 11 is 0. The average molecular weight is 211 g/mol. The van der Waals surface area contributed by atoms with E-state index in [1.807, 2.05) is 16.9 Å². The van der Waals surface area contributed by atoms with Gasteiger partial charge in [0.15, 0.2) is 0 Å². The number of aliphatic hydroxyl groups is 1. The van der Waals surface area contributed by atoms with E-state index in [9.17, 15) is 0 Å². The fourth-order valence-electron chi connectivity index (χ4n) is 1.32. The van der Waals surface area contributed by atoms with Crippen molar-refractivity contribution in [3.63, 3.8) is 0 Å². The smallest absolute Gasteiger partial charge is 0.0762 e. The molecule has 0 bridgehead atoms. The Morgan fingerprint density at radius 2 is 2.40 bits per heavy atom. The lowest BCUT2D eigenvalue weighted by Gasteiger charge is -2.08. The molecular formula is C11H21N3O. The summed E-state index contributed by atoms with van der Waals surface area (Å²) in [7, 11) is 0. The first kappa shape index (κ1) is 12.2. The SMILES string of the molecule is CCC(C)n1ccc(CNCCCO)n1. The second-order valence-corrected chi connectivity index (χ2v) is 3.80. The molecule has 0 saturated heterocycles. The summed E-state index contributed by atoms with van der Waals surface area (Å²) in [5.41, 5.74) is 1.06. The van der Waals surface area contributed by atoms with E-state index in [4.69, 9.17) is 5.11 Å². The van der Waals surface area contributed by atoms with Crippen LogP contribution in [-0.2, 0) is 6.54 Å². The molecule has 0 saturated carbocycles. The molecule has 0 aliphatic heterocycles.